The highest BCUT2D eigenvalue weighted by molar-refractivity contribution is 7.91. The number of pyridine rings is 1. The van der Waals surface area contributed by atoms with Gasteiger partial charge in [-0.05, 0) is 12.1 Å². The molecular formula is C9H12N2O3S. The minimum Gasteiger partial charge on any atom is -0.355 e. The van der Waals surface area contributed by atoms with Crippen LogP contribution in [0.25, 0.3) is 0 Å². The van der Waals surface area contributed by atoms with Gasteiger partial charge in [0.05, 0.1) is 10.6 Å². The van der Waals surface area contributed by atoms with Crippen molar-refractivity contribution in [1.82, 2.24) is 10.3 Å². The molecule has 1 aromatic heterocycles. The van der Waals surface area contributed by atoms with E-state index in [-0.39, 0.29) is 23.1 Å². The second-order valence-corrected chi connectivity index (χ2v) is 5.09. The van der Waals surface area contributed by atoms with Crippen molar-refractivity contribution in [3.05, 3.63) is 24.5 Å². The maximum Gasteiger partial charge on any atom is 0.216 e. The van der Waals surface area contributed by atoms with Crippen molar-refractivity contribution in [1.29, 1.82) is 0 Å². The van der Waals surface area contributed by atoms with Crippen molar-refractivity contribution in [2.24, 2.45) is 0 Å². The van der Waals surface area contributed by atoms with Gasteiger partial charge >= 0.3 is 0 Å². The number of nitrogens with one attached hydrogen (secondary N) is 1. The first-order valence-electron chi connectivity index (χ1n) is 4.39. The molecule has 0 aromatic carbocycles. The Kier molecular flexibility index (Phi) is 3.79. The van der Waals surface area contributed by atoms with Crippen molar-refractivity contribution in [2.75, 3.05) is 12.3 Å². The fraction of sp³-hybridized carbons (Fsp3) is 0.333. The van der Waals surface area contributed by atoms with E-state index >= 15 is 0 Å². The van der Waals surface area contributed by atoms with E-state index in [1.165, 1.54) is 31.5 Å². The predicted octanol–water partition coefficient (Wildman–Crippen LogP) is -0.00860. The smallest absolute Gasteiger partial charge is 0.216 e. The van der Waals surface area contributed by atoms with Crippen molar-refractivity contribution < 1.29 is 13.2 Å². The Morgan fingerprint density at radius 3 is 2.53 bits per heavy atom. The van der Waals surface area contributed by atoms with E-state index in [0.29, 0.717) is 0 Å². The molecule has 0 atom stereocenters. The van der Waals surface area contributed by atoms with Gasteiger partial charge in [0.15, 0.2) is 9.84 Å². The molecule has 1 amide bonds. The number of rotatable bonds is 4. The topological polar surface area (TPSA) is 76.1 Å². The molecule has 0 fully saturated rings. The number of amides is 1. The molecule has 0 aliphatic carbocycles. The van der Waals surface area contributed by atoms with E-state index in [1.54, 1.807) is 0 Å². The molecule has 0 saturated carbocycles. The first-order valence-corrected chi connectivity index (χ1v) is 6.05. The third-order valence-electron chi connectivity index (χ3n) is 1.75. The van der Waals surface area contributed by atoms with Gasteiger partial charge in [0.2, 0.25) is 5.91 Å². The zero-order valence-corrected chi connectivity index (χ0v) is 9.12. The zero-order valence-electron chi connectivity index (χ0n) is 8.30. The molecule has 0 radical (unpaired) electrons. The summed E-state index contributed by atoms with van der Waals surface area (Å²) in [4.78, 5) is 14.5. The van der Waals surface area contributed by atoms with Crippen LogP contribution in [0, 0.1) is 0 Å². The summed E-state index contributed by atoms with van der Waals surface area (Å²) in [5.74, 6) is -0.337. The molecule has 6 heteroatoms. The van der Waals surface area contributed by atoms with Crippen LogP contribution in [-0.4, -0.2) is 31.6 Å². The molecule has 0 bridgehead atoms. The van der Waals surface area contributed by atoms with Crippen LogP contribution >= 0.6 is 0 Å². The molecule has 1 heterocycles. The fourth-order valence-corrected chi connectivity index (χ4v) is 2.17. The second kappa shape index (κ2) is 4.88. The molecule has 82 valence electrons. The minimum atomic E-state index is -3.31. The quantitative estimate of drug-likeness (QED) is 0.786. The minimum absolute atomic E-state index is 0.101. The number of hydrogen-bond donors (Lipinski definition) is 1. The molecule has 0 aliphatic heterocycles. The van der Waals surface area contributed by atoms with Gasteiger partial charge in [0.25, 0.3) is 0 Å². The lowest BCUT2D eigenvalue weighted by atomic mass is 10.5. The van der Waals surface area contributed by atoms with Crippen LogP contribution in [0.2, 0.25) is 0 Å². The van der Waals surface area contributed by atoms with Gasteiger partial charge in [0, 0.05) is 25.9 Å². The van der Waals surface area contributed by atoms with E-state index in [1.807, 2.05) is 0 Å². The Labute approximate surface area is 88.4 Å². The van der Waals surface area contributed by atoms with Crippen LogP contribution in [0.15, 0.2) is 29.4 Å². The highest BCUT2D eigenvalue weighted by atomic mass is 32.2. The Bertz CT molecular complexity index is 428. The summed E-state index contributed by atoms with van der Waals surface area (Å²) in [6.07, 6.45) is 2.84. The van der Waals surface area contributed by atoms with E-state index < -0.39 is 9.84 Å². The van der Waals surface area contributed by atoms with E-state index in [2.05, 4.69) is 10.3 Å². The second-order valence-electron chi connectivity index (χ2n) is 2.98. The average Bonchev–Trinajstić information content (AvgIpc) is 2.18. The van der Waals surface area contributed by atoms with Crippen LogP contribution in [0.3, 0.4) is 0 Å². The van der Waals surface area contributed by atoms with Crippen molar-refractivity contribution in [3.8, 4) is 0 Å². The van der Waals surface area contributed by atoms with Crippen LogP contribution in [0.4, 0.5) is 0 Å². The number of carbonyl (C=O) groups is 1. The summed E-state index contributed by atoms with van der Waals surface area (Å²) in [7, 11) is -3.31. The number of aromatic nitrogens is 1. The molecule has 0 saturated heterocycles. The predicted molar refractivity (Wildman–Crippen MR) is 55.0 cm³/mol. The normalized spacial score (nSPS) is 11.0. The van der Waals surface area contributed by atoms with Crippen LogP contribution in [-0.2, 0) is 14.6 Å². The van der Waals surface area contributed by atoms with Gasteiger partial charge in [0.1, 0.15) is 0 Å². The highest BCUT2D eigenvalue weighted by Gasteiger charge is 2.13. The Morgan fingerprint density at radius 1 is 1.40 bits per heavy atom. The summed E-state index contributed by atoms with van der Waals surface area (Å²) < 4.78 is 23.3. The van der Waals surface area contributed by atoms with Crippen molar-refractivity contribution in [3.63, 3.8) is 0 Å². The van der Waals surface area contributed by atoms with Gasteiger partial charge in [-0.2, -0.15) is 0 Å². The largest absolute Gasteiger partial charge is 0.355 e. The van der Waals surface area contributed by atoms with Crippen LogP contribution in [0.1, 0.15) is 6.92 Å². The van der Waals surface area contributed by atoms with Crippen molar-refractivity contribution in [2.45, 2.75) is 11.8 Å². The maximum atomic E-state index is 11.6. The third kappa shape index (κ3) is 3.67. The zero-order chi connectivity index (χ0) is 11.3. The highest BCUT2D eigenvalue weighted by Crippen LogP contribution is 2.07. The lowest BCUT2D eigenvalue weighted by molar-refractivity contribution is -0.118. The molecule has 1 N–H and O–H groups in total. The summed E-state index contributed by atoms with van der Waals surface area (Å²) >= 11 is 0. The van der Waals surface area contributed by atoms with E-state index in [4.69, 9.17) is 0 Å². The van der Waals surface area contributed by atoms with Gasteiger partial charge in [-0.15, -0.1) is 0 Å². The number of hydrogen-bond acceptors (Lipinski definition) is 4. The molecule has 5 nitrogen and oxygen atoms in total. The number of sulfone groups is 1. The average molecular weight is 228 g/mol. The van der Waals surface area contributed by atoms with E-state index in [9.17, 15) is 13.2 Å². The molecule has 0 aliphatic rings. The SMILES string of the molecule is CC(=O)NCCS(=O)(=O)c1ccncc1. The van der Waals surface area contributed by atoms with Gasteiger partial charge in [-0.1, -0.05) is 0 Å². The Morgan fingerprint density at radius 2 is 2.00 bits per heavy atom. The van der Waals surface area contributed by atoms with Crippen LogP contribution < -0.4 is 5.32 Å². The van der Waals surface area contributed by atoms with Crippen LogP contribution in [0.5, 0.6) is 0 Å². The standard InChI is InChI=1S/C9H12N2O3S/c1-8(12)11-6-7-15(13,14)9-2-4-10-5-3-9/h2-5H,6-7H2,1H3,(H,11,12). The molecule has 15 heavy (non-hydrogen) atoms. The molecular weight excluding hydrogens is 216 g/mol. The number of nitrogens with zero attached hydrogens (tertiary/aromatic N) is 1. The third-order valence-corrected chi connectivity index (χ3v) is 3.49. The summed E-state index contributed by atoms with van der Waals surface area (Å²) in [5, 5.41) is 2.44. The summed E-state index contributed by atoms with van der Waals surface area (Å²) in [6.45, 7) is 1.47. The molecule has 1 aromatic rings. The lowest BCUT2D eigenvalue weighted by Gasteiger charge is -2.04. The Balaban J connectivity index is 2.65. The van der Waals surface area contributed by atoms with E-state index in [0.717, 1.165) is 0 Å². The maximum absolute atomic E-state index is 11.6. The van der Waals surface area contributed by atoms with Crippen molar-refractivity contribution >= 4 is 15.7 Å². The first-order chi connectivity index (χ1) is 7.02. The number of carbonyl (C=O) groups excluding carboxylic acids is 1. The first kappa shape index (κ1) is 11.6. The monoisotopic (exact) mass is 228 g/mol. The summed E-state index contributed by atoms with van der Waals surface area (Å²) in [6, 6.07) is 2.87. The summed E-state index contributed by atoms with van der Waals surface area (Å²) in [5.41, 5.74) is 0. The van der Waals surface area contributed by atoms with Gasteiger partial charge in [-0.25, -0.2) is 8.42 Å². The Hall–Kier alpha value is -1.43. The molecule has 0 spiro atoms. The van der Waals surface area contributed by atoms with Gasteiger partial charge in [-0.3, -0.25) is 9.78 Å². The molecule has 0 unspecified atom stereocenters. The lowest BCUT2D eigenvalue weighted by Crippen LogP contribution is -2.26. The molecule has 1 rings (SSSR count). The van der Waals surface area contributed by atoms with Gasteiger partial charge < -0.3 is 5.32 Å². The fourth-order valence-electron chi connectivity index (χ4n) is 1.02.